The molecule has 1 fully saturated rings. The highest BCUT2D eigenvalue weighted by molar-refractivity contribution is 6.30. The molecule has 0 amide bonds. The molecule has 1 aromatic heterocycles. The average Bonchev–Trinajstić information content (AvgIpc) is 3.47. The Kier molecular flexibility index (Phi) is 4.90. The zero-order valence-corrected chi connectivity index (χ0v) is 16.2. The van der Waals surface area contributed by atoms with Gasteiger partial charge in [0.15, 0.2) is 17.3 Å². The van der Waals surface area contributed by atoms with Gasteiger partial charge in [0.2, 0.25) is 0 Å². The number of amidine groups is 1. The van der Waals surface area contributed by atoms with Gasteiger partial charge in [-0.25, -0.2) is 13.8 Å². The first kappa shape index (κ1) is 19.6. The van der Waals surface area contributed by atoms with Crippen molar-refractivity contribution in [2.75, 3.05) is 13.8 Å². The van der Waals surface area contributed by atoms with E-state index in [-0.39, 0.29) is 47.3 Å². The molecule has 0 bridgehead atoms. The number of nitrogens with two attached hydrogens (primary N) is 1. The fourth-order valence-corrected chi connectivity index (χ4v) is 3.94. The van der Waals surface area contributed by atoms with Crippen LogP contribution in [0.1, 0.15) is 28.0 Å². The third-order valence-electron chi connectivity index (χ3n) is 5.28. The molecule has 4 rings (SSSR count). The zero-order chi connectivity index (χ0) is 20.8. The lowest BCUT2D eigenvalue weighted by Crippen LogP contribution is -2.39. The molecule has 0 spiro atoms. The summed E-state index contributed by atoms with van der Waals surface area (Å²) in [7, 11) is 1.30. The first-order valence-electron chi connectivity index (χ1n) is 8.97. The maximum Gasteiger partial charge on any atom is 0.283 e. The quantitative estimate of drug-likeness (QED) is 0.724. The Hall–Kier alpha value is -2.74. The summed E-state index contributed by atoms with van der Waals surface area (Å²) in [5.41, 5.74) is 5.09. The molecule has 2 aromatic rings. The van der Waals surface area contributed by atoms with E-state index in [1.807, 2.05) is 0 Å². The van der Waals surface area contributed by atoms with Crippen LogP contribution in [-0.2, 0) is 16.7 Å². The molecule has 6 nitrogen and oxygen atoms in total. The number of pyridine rings is 1. The van der Waals surface area contributed by atoms with E-state index in [1.165, 1.54) is 25.4 Å². The van der Waals surface area contributed by atoms with Crippen LogP contribution >= 0.6 is 11.6 Å². The van der Waals surface area contributed by atoms with Crippen molar-refractivity contribution in [3.05, 3.63) is 58.1 Å². The van der Waals surface area contributed by atoms with Gasteiger partial charge in [-0.2, -0.15) is 0 Å². The highest BCUT2D eigenvalue weighted by atomic mass is 35.5. The van der Waals surface area contributed by atoms with E-state index in [0.717, 1.165) is 0 Å². The molecule has 1 aliphatic heterocycles. The van der Waals surface area contributed by atoms with Gasteiger partial charge in [-0.3, -0.25) is 9.78 Å². The van der Waals surface area contributed by atoms with E-state index in [1.54, 1.807) is 12.1 Å². The van der Waals surface area contributed by atoms with Gasteiger partial charge >= 0.3 is 0 Å². The van der Waals surface area contributed by atoms with Crippen molar-refractivity contribution in [1.82, 2.24) is 4.98 Å². The maximum atomic E-state index is 14.8. The molecule has 3 atom stereocenters. The number of Topliss-reactive ketones (excluding diaryl/α,β-unsaturated/α-hetero) is 1. The topological polar surface area (TPSA) is 86.8 Å². The average molecular weight is 422 g/mol. The van der Waals surface area contributed by atoms with Gasteiger partial charge in [0.25, 0.3) is 6.02 Å². The molecule has 1 saturated carbocycles. The first-order valence-corrected chi connectivity index (χ1v) is 9.35. The van der Waals surface area contributed by atoms with Gasteiger partial charge in [-0.1, -0.05) is 11.6 Å². The number of methoxy groups -OCH3 is 1. The summed E-state index contributed by atoms with van der Waals surface area (Å²) in [5, 5.41) is 0.401. The van der Waals surface area contributed by atoms with Crippen molar-refractivity contribution >= 4 is 23.4 Å². The standard InChI is InChI=1S/C20H18ClF2N3O3/c1-28-18-13(20(9-22)12-7-17(12)29-19(24)26-20)4-10(5-14(18)23)6-16(27)15-3-2-11(21)8-25-15/h2-5,8,12,17H,6-7,9H2,1H3,(H2,24,26)/t12-,17+,20-/m0/s1. The predicted molar refractivity (Wildman–Crippen MR) is 102 cm³/mol. The van der Waals surface area contributed by atoms with Crippen molar-refractivity contribution < 1.29 is 23.0 Å². The summed E-state index contributed by atoms with van der Waals surface area (Å²) in [6.07, 6.45) is 1.52. The number of carbonyl (C=O) groups is 1. The minimum absolute atomic E-state index is 0.118. The van der Waals surface area contributed by atoms with E-state index < -0.39 is 18.0 Å². The number of aromatic nitrogens is 1. The summed E-state index contributed by atoms with van der Waals surface area (Å²) < 4.78 is 39.7. The number of alkyl halides is 1. The predicted octanol–water partition coefficient (Wildman–Crippen LogP) is 3.21. The highest BCUT2D eigenvalue weighted by Crippen LogP contribution is 2.55. The van der Waals surface area contributed by atoms with Gasteiger partial charge in [0, 0.05) is 24.1 Å². The van der Waals surface area contributed by atoms with Crippen molar-refractivity contribution in [3.8, 4) is 5.75 Å². The third kappa shape index (κ3) is 3.42. The summed E-state index contributed by atoms with van der Waals surface area (Å²) in [6.45, 7) is -0.899. The van der Waals surface area contributed by atoms with Crippen LogP contribution in [0.4, 0.5) is 8.78 Å². The Bertz CT molecular complexity index is 999. The van der Waals surface area contributed by atoms with Crippen LogP contribution in [0.3, 0.4) is 0 Å². The Morgan fingerprint density at radius 1 is 1.45 bits per heavy atom. The lowest BCUT2D eigenvalue weighted by atomic mass is 9.83. The van der Waals surface area contributed by atoms with Crippen LogP contribution in [0.5, 0.6) is 5.75 Å². The number of ether oxygens (including phenoxy) is 2. The van der Waals surface area contributed by atoms with Crippen molar-refractivity contribution in [2.45, 2.75) is 24.5 Å². The number of hydrogen-bond donors (Lipinski definition) is 1. The van der Waals surface area contributed by atoms with Crippen LogP contribution in [0.2, 0.25) is 5.02 Å². The van der Waals surface area contributed by atoms with E-state index in [0.29, 0.717) is 17.0 Å². The first-order chi connectivity index (χ1) is 13.9. The fraction of sp³-hybridized carbons (Fsp3) is 0.350. The van der Waals surface area contributed by atoms with Crippen molar-refractivity contribution in [2.24, 2.45) is 16.6 Å². The number of hydrogen-bond acceptors (Lipinski definition) is 6. The van der Waals surface area contributed by atoms with Gasteiger partial charge in [0.05, 0.1) is 12.1 Å². The summed E-state index contributed by atoms with van der Waals surface area (Å²) in [5.74, 6) is -1.43. The number of halogens is 3. The zero-order valence-electron chi connectivity index (χ0n) is 15.5. The van der Waals surface area contributed by atoms with E-state index in [4.69, 9.17) is 26.8 Å². The van der Waals surface area contributed by atoms with Crippen LogP contribution in [0.25, 0.3) is 0 Å². The monoisotopic (exact) mass is 421 g/mol. The second-order valence-electron chi connectivity index (χ2n) is 7.13. The molecule has 0 unspecified atom stereocenters. The van der Waals surface area contributed by atoms with Gasteiger partial charge in [0.1, 0.15) is 24.0 Å². The highest BCUT2D eigenvalue weighted by Gasteiger charge is 2.60. The van der Waals surface area contributed by atoms with Crippen LogP contribution in [0.15, 0.2) is 35.5 Å². The second-order valence-corrected chi connectivity index (χ2v) is 7.56. The molecule has 1 aromatic carbocycles. The molecular weight excluding hydrogens is 404 g/mol. The molecule has 9 heteroatoms. The van der Waals surface area contributed by atoms with Crippen LogP contribution < -0.4 is 10.5 Å². The lowest BCUT2D eigenvalue weighted by Gasteiger charge is -2.32. The van der Waals surface area contributed by atoms with Crippen LogP contribution in [-0.4, -0.2) is 36.7 Å². The van der Waals surface area contributed by atoms with Crippen LogP contribution in [0, 0.1) is 11.7 Å². The summed E-state index contributed by atoms with van der Waals surface area (Å²) in [4.78, 5) is 20.7. The molecule has 152 valence electrons. The molecule has 1 aliphatic carbocycles. The smallest absolute Gasteiger partial charge is 0.283 e. The van der Waals surface area contributed by atoms with E-state index in [9.17, 15) is 13.6 Å². The SMILES string of the molecule is COc1c(F)cc(CC(=O)c2ccc(Cl)cn2)cc1[C@@]1(CF)N=C(N)O[C@@H]2C[C@@H]21. The number of carbonyl (C=O) groups excluding carboxylic acids is 1. The van der Waals surface area contributed by atoms with Gasteiger partial charge in [-0.15, -0.1) is 0 Å². The molecule has 2 heterocycles. The summed E-state index contributed by atoms with van der Waals surface area (Å²) >= 11 is 5.79. The Morgan fingerprint density at radius 3 is 2.90 bits per heavy atom. The molecule has 2 N–H and O–H groups in total. The molecule has 0 radical (unpaired) electrons. The van der Waals surface area contributed by atoms with Crippen molar-refractivity contribution in [1.29, 1.82) is 0 Å². The minimum Gasteiger partial charge on any atom is -0.493 e. The number of ketones is 1. The number of rotatable bonds is 6. The van der Waals surface area contributed by atoms with E-state index in [2.05, 4.69) is 9.98 Å². The molecule has 29 heavy (non-hydrogen) atoms. The third-order valence-corrected chi connectivity index (χ3v) is 5.51. The lowest BCUT2D eigenvalue weighted by molar-refractivity contribution is 0.0988. The number of fused-ring (bicyclic) bond motifs is 1. The molecule has 2 aliphatic rings. The van der Waals surface area contributed by atoms with E-state index >= 15 is 0 Å². The number of nitrogens with zero attached hydrogens (tertiary/aromatic N) is 2. The number of aliphatic imine (C=N–C) groups is 1. The van der Waals surface area contributed by atoms with Gasteiger partial charge < -0.3 is 15.2 Å². The Labute approximate surface area is 170 Å². The van der Waals surface area contributed by atoms with Gasteiger partial charge in [-0.05, 0) is 36.2 Å². The maximum absolute atomic E-state index is 14.8. The Balaban J connectivity index is 1.75. The normalized spacial score (nSPS) is 24.9. The summed E-state index contributed by atoms with van der Waals surface area (Å²) in [6, 6.07) is 5.64. The molecule has 0 saturated heterocycles. The number of benzene rings is 1. The Morgan fingerprint density at radius 2 is 2.24 bits per heavy atom. The molecular formula is C20H18ClF2N3O3. The minimum atomic E-state index is -1.41. The fourth-order valence-electron chi connectivity index (χ4n) is 3.82. The second kappa shape index (κ2) is 7.26. The largest absolute Gasteiger partial charge is 0.493 e. The van der Waals surface area contributed by atoms with Crippen molar-refractivity contribution in [3.63, 3.8) is 0 Å².